The Morgan fingerprint density at radius 3 is 2.52 bits per heavy atom. The smallest absolute Gasteiger partial charge is 0.345 e. The molecule has 2 aromatic carbocycles. The number of fused-ring (bicyclic) bond motifs is 1. The van der Waals surface area contributed by atoms with Gasteiger partial charge in [-0.25, -0.2) is 4.79 Å². The van der Waals surface area contributed by atoms with Crippen LogP contribution in [0.3, 0.4) is 0 Å². The average molecular weight is 373 g/mol. The van der Waals surface area contributed by atoms with Gasteiger partial charge in [-0.3, -0.25) is 9.36 Å². The number of anilines is 1. The van der Waals surface area contributed by atoms with Crippen LogP contribution in [-0.4, -0.2) is 17.6 Å². The standard InChI is InChI=1S/C17H13BrN2O3/c1-23-17(22)14-15(19)12-8-7-10(18)9-13(12)20(16(14)21)11-5-3-2-4-6-11/h2-9H,19H2,1H3. The van der Waals surface area contributed by atoms with E-state index in [1.807, 2.05) is 18.2 Å². The predicted molar refractivity (Wildman–Crippen MR) is 93.0 cm³/mol. The quantitative estimate of drug-likeness (QED) is 0.701. The molecule has 2 N–H and O–H groups in total. The van der Waals surface area contributed by atoms with Crippen molar-refractivity contribution in [2.45, 2.75) is 0 Å². The molecule has 6 heteroatoms. The van der Waals surface area contributed by atoms with E-state index in [-0.39, 0.29) is 11.3 Å². The van der Waals surface area contributed by atoms with E-state index in [1.54, 1.807) is 30.3 Å². The largest absolute Gasteiger partial charge is 0.465 e. The van der Waals surface area contributed by atoms with Crippen LogP contribution in [0.1, 0.15) is 10.4 Å². The summed E-state index contributed by atoms with van der Waals surface area (Å²) in [5.74, 6) is -0.748. The molecule has 0 aliphatic carbocycles. The monoisotopic (exact) mass is 372 g/mol. The summed E-state index contributed by atoms with van der Waals surface area (Å²) in [6.45, 7) is 0. The van der Waals surface area contributed by atoms with Crippen molar-refractivity contribution < 1.29 is 9.53 Å². The number of nitrogens with zero attached hydrogens (tertiary/aromatic N) is 1. The van der Waals surface area contributed by atoms with E-state index < -0.39 is 11.5 Å². The number of ether oxygens (including phenoxy) is 1. The van der Waals surface area contributed by atoms with Gasteiger partial charge in [0.15, 0.2) is 0 Å². The van der Waals surface area contributed by atoms with Crippen LogP contribution in [0.25, 0.3) is 16.6 Å². The summed E-state index contributed by atoms with van der Waals surface area (Å²) in [5.41, 5.74) is 6.77. The number of hydrogen-bond acceptors (Lipinski definition) is 4. The first kappa shape index (κ1) is 15.3. The molecule has 0 atom stereocenters. The van der Waals surface area contributed by atoms with Gasteiger partial charge in [0.05, 0.1) is 18.3 Å². The number of rotatable bonds is 2. The van der Waals surface area contributed by atoms with Crippen LogP contribution in [0.2, 0.25) is 0 Å². The lowest BCUT2D eigenvalue weighted by Gasteiger charge is -2.15. The Morgan fingerprint density at radius 1 is 1.17 bits per heavy atom. The van der Waals surface area contributed by atoms with Crippen molar-refractivity contribution in [2.75, 3.05) is 12.8 Å². The summed E-state index contributed by atoms with van der Waals surface area (Å²) in [6, 6.07) is 14.4. The maximum Gasteiger partial charge on any atom is 0.345 e. The van der Waals surface area contributed by atoms with Gasteiger partial charge in [-0.05, 0) is 30.3 Å². The number of nitrogens with two attached hydrogens (primary N) is 1. The number of carbonyl (C=O) groups is 1. The number of esters is 1. The maximum atomic E-state index is 12.9. The van der Waals surface area contributed by atoms with Gasteiger partial charge in [0.25, 0.3) is 5.56 Å². The third-order valence-electron chi connectivity index (χ3n) is 3.58. The van der Waals surface area contributed by atoms with E-state index in [4.69, 9.17) is 10.5 Å². The SMILES string of the molecule is COC(=O)c1c(N)c2ccc(Br)cc2n(-c2ccccc2)c1=O. The third kappa shape index (κ3) is 2.51. The summed E-state index contributed by atoms with van der Waals surface area (Å²) in [7, 11) is 1.22. The second-order valence-corrected chi connectivity index (χ2v) is 5.83. The number of hydrogen-bond donors (Lipinski definition) is 1. The average Bonchev–Trinajstić information content (AvgIpc) is 2.55. The highest BCUT2D eigenvalue weighted by molar-refractivity contribution is 9.10. The highest BCUT2D eigenvalue weighted by atomic mass is 79.9. The topological polar surface area (TPSA) is 74.3 Å². The van der Waals surface area contributed by atoms with Gasteiger partial charge in [0, 0.05) is 15.5 Å². The lowest BCUT2D eigenvalue weighted by molar-refractivity contribution is 0.0600. The van der Waals surface area contributed by atoms with Crippen LogP contribution in [0.5, 0.6) is 0 Å². The zero-order valence-electron chi connectivity index (χ0n) is 12.2. The van der Waals surface area contributed by atoms with E-state index in [0.29, 0.717) is 16.6 Å². The summed E-state index contributed by atoms with van der Waals surface area (Å²) in [5, 5.41) is 0.608. The van der Waals surface area contributed by atoms with E-state index in [1.165, 1.54) is 11.7 Å². The van der Waals surface area contributed by atoms with E-state index in [9.17, 15) is 9.59 Å². The number of halogens is 1. The van der Waals surface area contributed by atoms with Crippen molar-refractivity contribution in [3.63, 3.8) is 0 Å². The molecule has 0 spiro atoms. The zero-order chi connectivity index (χ0) is 16.6. The molecule has 5 nitrogen and oxygen atoms in total. The second kappa shape index (κ2) is 5.89. The van der Waals surface area contributed by atoms with E-state index in [0.717, 1.165) is 4.47 Å². The molecule has 116 valence electrons. The van der Waals surface area contributed by atoms with Gasteiger partial charge < -0.3 is 10.5 Å². The van der Waals surface area contributed by atoms with Gasteiger partial charge in [0.1, 0.15) is 5.56 Å². The molecule has 0 bridgehead atoms. The van der Waals surface area contributed by atoms with Crippen molar-refractivity contribution in [3.8, 4) is 5.69 Å². The van der Waals surface area contributed by atoms with Crippen molar-refractivity contribution in [3.05, 3.63) is 68.9 Å². The van der Waals surface area contributed by atoms with Crippen LogP contribution in [0, 0.1) is 0 Å². The Labute approximate surface area is 140 Å². The summed E-state index contributed by atoms with van der Waals surface area (Å²) < 4.78 is 6.99. The van der Waals surface area contributed by atoms with Crippen molar-refractivity contribution in [1.29, 1.82) is 0 Å². The molecular formula is C17H13BrN2O3. The van der Waals surface area contributed by atoms with Crippen LogP contribution in [0.4, 0.5) is 5.69 Å². The van der Waals surface area contributed by atoms with Crippen molar-refractivity contribution in [2.24, 2.45) is 0 Å². The Kier molecular flexibility index (Phi) is 3.92. The summed E-state index contributed by atoms with van der Waals surface area (Å²) in [4.78, 5) is 24.9. The first-order valence-electron chi connectivity index (χ1n) is 6.82. The number of para-hydroxylation sites is 1. The predicted octanol–water partition coefficient (Wildman–Crippen LogP) is 3.12. The number of nitrogen functional groups attached to an aromatic ring is 1. The highest BCUT2D eigenvalue weighted by Crippen LogP contribution is 2.27. The Hall–Kier alpha value is -2.60. The minimum atomic E-state index is -0.748. The van der Waals surface area contributed by atoms with Crippen LogP contribution in [0.15, 0.2) is 57.8 Å². The first-order valence-corrected chi connectivity index (χ1v) is 7.61. The second-order valence-electron chi connectivity index (χ2n) is 4.92. The summed E-state index contributed by atoms with van der Waals surface area (Å²) in [6.07, 6.45) is 0. The molecule has 0 radical (unpaired) electrons. The highest BCUT2D eigenvalue weighted by Gasteiger charge is 2.22. The molecule has 0 amide bonds. The minimum Gasteiger partial charge on any atom is -0.465 e. The van der Waals surface area contributed by atoms with Crippen molar-refractivity contribution >= 4 is 38.5 Å². The van der Waals surface area contributed by atoms with Gasteiger partial charge in [0.2, 0.25) is 0 Å². The Balaban J connectivity index is 2.53. The van der Waals surface area contributed by atoms with Crippen molar-refractivity contribution in [1.82, 2.24) is 4.57 Å². The molecule has 0 saturated carbocycles. The van der Waals surface area contributed by atoms with Gasteiger partial charge >= 0.3 is 5.97 Å². The van der Waals surface area contributed by atoms with Crippen LogP contribution < -0.4 is 11.3 Å². The fraction of sp³-hybridized carbons (Fsp3) is 0.0588. The normalized spacial score (nSPS) is 10.7. The van der Waals surface area contributed by atoms with E-state index in [2.05, 4.69) is 15.9 Å². The van der Waals surface area contributed by atoms with Gasteiger partial charge in [-0.2, -0.15) is 0 Å². The minimum absolute atomic E-state index is 0.122. The molecule has 0 aliphatic heterocycles. The first-order chi connectivity index (χ1) is 11.0. The molecule has 1 aromatic heterocycles. The lowest BCUT2D eigenvalue weighted by atomic mass is 10.1. The lowest BCUT2D eigenvalue weighted by Crippen LogP contribution is -2.28. The van der Waals surface area contributed by atoms with Crippen LogP contribution >= 0.6 is 15.9 Å². The zero-order valence-corrected chi connectivity index (χ0v) is 13.8. The number of pyridine rings is 1. The molecule has 0 saturated heterocycles. The fourth-order valence-electron chi connectivity index (χ4n) is 2.52. The number of benzene rings is 2. The van der Waals surface area contributed by atoms with Gasteiger partial charge in [-0.15, -0.1) is 0 Å². The maximum absolute atomic E-state index is 12.9. The Bertz CT molecular complexity index is 965. The number of carbonyl (C=O) groups excluding carboxylic acids is 1. The van der Waals surface area contributed by atoms with Crippen LogP contribution in [-0.2, 0) is 4.74 Å². The molecule has 3 aromatic rings. The fourth-order valence-corrected chi connectivity index (χ4v) is 2.87. The number of aromatic nitrogens is 1. The molecule has 3 rings (SSSR count). The van der Waals surface area contributed by atoms with Gasteiger partial charge in [-0.1, -0.05) is 34.1 Å². The molecule has 1 heterocycles. The molecule has 23 heavy (non-hydrogen) atoms. The molecule has 0 fully saturated rings. The number of methoxy groups -OCH3 is 1. The van der Waals surface area contributed by atoms with E-state index >= 15 is 0 Å². The Morgan fingerprint density at radius 2 is 1.87 bits per heavy atom. The summed E-state index contributed by atoms with van der Waals surface area (Å²) >= 11 is 3.40. The third-order valence-corrected chi connectivity index (χ3v) is 4.07. The molecule has 0 unspecified atom stereocenters. The molecular weight excluding hydrogens is 360 g/mol. The molecule has 0 aliphatic rings.